The number of hydrogen-bond donors (Lipinski definition) is 0. The molecule has 28 heavy (non-hydrogen) atoms. The molecule has 0 atom stereocenters. The quantitative estimate of drug-likeness (QED) is 0.761. The van der Waals surface area contributed by atoms with Crippen LogP contribution in [0.4, 0.5) is 0 Å². The number of para-hydroxylation sites is 1. The van der Waals surface area contributed by atoms with E-state index in [1.54, 1.807) is 21.9 Å². The number of carbonyl (C=O) groups excluding carboxylic acids is 3. The predicted octanol–water partition coefficient (Wildman–Crippen LogP) is 0.722. The topological polar surface area (TPSA) is 90.0 Å². The Morgan fingerprint density at radius 1 is 0.893 bits per heavy atom. The van der Waals surface area contributed by atoms with Gasteiger partial charge in [-0.1, -0.05) is 36.4 Å². The van der Waals surface area contributed by atoms with Crippen LogP contribution in [-0.4, -0.2) is 60.4 Å². The number of amides is 2. The van der Waals surface area contributed by atoms with Gasteiger partial charge >= 0.3 is 0 Å². The molecule has 0 saturated carbocycles. The molecule has 1 aliphatic rings. The number of carboxylic acids is 1. The summed E-state index contributed by atoms with van der Waals surface area (Å²) in [5.74, 6) is -1.23. The van der Waals surface area contributed by atoms with E-state index in [4.69, 9.17) is 4.74 Å². The maximum absolute atomic E-state index is 12.7. The summed E-state index contributed by atoms with van der Waals surface area (Å²) in [6, 6.07) is 13.5. The molecule has 0 unspecified atom stereocenters. The first-order valence-corrected chi connectivity index (χ1v) is 9.03. The third-order valence-corrected chi connectivity index (χ3v) is 4.74. The largest absolute Gasteiger partial charge is 0.545 e. The number of hydrogen-bond acceptors (Lipinski definition) is 5. The molecule has 0 N–H and O–H groups in total. The minimum Gasteiger partial charge on any atom is -0.545 e. The van der Waals surface area contributed by atoms with Crippen molar-refractivity contribution in [1.29, 1.82) is 0 Å². The highest BCUT2D eigenvalue weighted by atomic mass is 16.5. The van der Waals surface area contributed by atoms with E-state index in [-0.39, 0.29) is 29.5 Å². The lowest BCUT2D eigenvalue weighted by Gasteiger charge is -2.35. The van der Waals surface area contributed by atoms with E-state index < -0.39 is 5.97 Å². The standard InChI is InChI=1S/C21H22N2O5/c1-15-6-2-5-9-18(15)28-14-19(24)22-10-12-23(13-11-22)20(25)16-7-3-4-8-17(16)21(26)27/h2-9H,10-14H2,1H3,(H,26,27)/p-1. The van der Waals surface area contributed by atoms with Gasteiger partial charge in [0, 0.05) is 37.3 Å². The average molecular weight is 381 g/mol. The first-order chi connectivity index (χ1) is 13.5. The number of piperazine rings is 1. The van der Waals surface area contributed by atoms with Crippen LogP contribution in [0, 0.1) is 6.92 Å². The van der Waals surface area contributed by atoms with Gasteiger partial charge in [0.1, 0.15) is 5.75 Å². The lowest BCUT2D eigenvalue weighted by atomic mass is 10.1. The summed E-state index contributed by atoms with van der Waals surface area (Å²) in [4.78, 5) is 39.5. The van der Waals surface area contributed by atoms with E-state index in [0.717, 1.165) is 5.56 Å². The highest BCUT2D eigenvalue weighted by Gasteiger charge is 2.26. The fraction of sp³-hybridized carbons (Fsp3) is 0.286. The Hall–Kier alpha value is -3.35. The van der Waals surface area contributed by atoms with E-state index in [9.17, 15) is 19.5 Å². The van der Waals surface area contributed by atoms with Crippen molar-refractivity contribution < 1.29 is 24.2 Å². The third kappa shape index (κ3) is 4.31. The van der Waals surface area contributed by atoms with Crippen molar-refractivity contribution in [2.45, 2.75) is 6.92 Å². The SMILES string of the molecule is Cc1ccccc1OCC(=O)N1CCN(C(=O)c2ccccc2C(=O)[O-])CC1. The molecule has 7 nitrogen and oxygen atoms in total. The Labute approximate surface area is 163 Å². The van der Waals surface area contributed by atoms with Crippen molar-refractivity contribution in [2.24, 2.45) is 0 Å². The summed E-state index contributed by atoms with van der Waals surface area (Å²) in [6.45, 7) is 3.25. The fourth-order valence-electron chi connectivity index (χ4n) is 3.13. The number of rotatable bonds is 5. The second-order valence-electron chi connectivity index (χ2n) is 6.56. The van der Waals surface area contributed by atoms with E-state index >= 15 is 0 Å². The number of aryl methyl sites for hydroxylation is 1. The summed E-state index contributed by atoms with van der Waals surface area (Å²) >= 11 is 0. The highest BCUT2D eigenvalue weighted by Crippen LogP contribution is 2.17. The molecule has 3 rings (SSSR count). The maximum atomic E-state index is 12.7. The average Bonchev–Trinajstić information content (AvgIpc) is 2.72. The van der Waals surface area contributed by atoms with Gasteiger partial charge in [-0.3, -0.25) is 9.59 Å². The van der Waals surface area contributed by atoms with Gasteiger partial charge in [0.2, 0.25) is 0 Å². The lowest BCUT2D eigenvalue weighted by Crippen LogP contribution is -2.51. The van der Waals surface area contributed by atoms with Crippen LogP contribution in [-0.2, 0) is 4.79 Å². The van der Waals surface area contributed by atoms with Gasteiger partial charge in [-0.2, -0.15) is 0 Å². The van der Waals surface area contributed by atoms with Gasteiger partial charge in [-0.15, -0.1) is 0 Å². The van der Waals surface area contributed by atoms with Crippen LogP contribution in [0.25, 0.3) is 0 Å². The van der Waals surface area contributed by atoms with Crippen LogP contribution >= 0.6 is 0 Å². The minimum atomic E-state index is -1.38. The summed E-state index contributed by atoms with van der Waals surface area (Å²) in [7, 11) is 0. The molecule has 1 aliphatic heterocycles. The predicted molar refractivity (Wildman–Crippen MR) is 99.9 cm³/mol. The Kier molecular flexibility index (Phi) is 5.93. The van der Waals surface area contributed by atoms with Crippen molar-refractivity contribution >= 4 is 17.8 Å². The molecule has 1 heterocycles. The van der Waals surface area contributed by atoms with Crippen LogP contribution in [0.1, 0.15) is 26.3 Å². The number of benzene rings is 2. The van der Waals surface area contributed by atoms with Crippen LogP contribution in [0.5, 0.6) is 5.75 Å². The van der Waals surface area contributed by atoms with E-state index in [2.05, 4.69) is 0 Å². The molecular formula is C21H21N2O5-. The van der Waals surface area contributed by atoms with E-state index in [1.807, 2.05) is 31.2 Å². The Bertz CT molecular complexity index is 888. The fourth-order valence-corrected chi connectivity index (χ4v) is 3.13. The molecule has 0 aliphatic carbocycles. The number of ether oxygens (including phenoxy) is 1. The molecule has 0 radical (unpaired) electrons. The molecule has 0 bridgehead atoms. The third-order valence-electron chi connectivity index (χ3n) is 4.74. The maximum Gasteiger partial charge on any atom is 0.260 e. The molecule has 2 aromatic rings. The highest BCUT2D eigenvalue weighted by molar-refractivity contribution is 6.04. The van der Waals surface area contributed by atoms with Gasteiger partial charge in [0.05, 0.1) is 5.97 Å². The molecular weight excluding hydrogens is 360 g/mol. The first-order valence-electron chi connectivity index (χ1n) is 9.03. The van der Waals surface area contributed by atoms with E-state index in [0.29, 0.717) is 31.9 Å². The van der Waals surface area contributed by atoms with Crippen LogP contribution in [0.15, 0.2) is 48.5 Å². The van der Waals surface area contributed by atoms with Gasteiger partial charge in [0.15, 0.2) is 6.61 Å². The van der Waals surface area contributed by atoms with E-state index in [1.165, 1.54) is 12.1 Å². The Balaban J connectivity index is 1.55. The monoisotopic (exact) mass is 381 g/mol. The molecule has 0 spiro atoms. The summed E-state index contributed by atoms with van der Waals surface area (Å²) < 4.78 is 5.59. The zero-order chi connectivity index (χ0) is 20.1. The minimum absolute atomic E-state index is 0.0632. The normalized spacial score (nSPS) is 13.9. The summed E-state index contributed by atoms with van der Waals surface area (Å²) in [5, 5.41) is 11.2. The van der Waals surface area contributed by atoms with Gasteiger partial charge < -0.3 is 24.4 Å². The number of carbonyl (C=O) groups is 3. The second-order valence-corrected chi connectivity index (χ2v) is 6.56. The lowest BCUT2D eigenvalue weighted by molar-refractivity contribution is -0.255. The number of carboxylic acid groups (broad SMARTS) is 1. The molecule has 1 fully saturated rings. The van der Waals surface area contributed by atoms with Crippen molar-refractivity contribution in [3.8, 4) is 5.75 Å². The van der Waals surface area contributed by atoms with Crippen molar-refractivity contribution in [3.63, 3.8) is 0 Å². The Morgan fingerprint density at radius 2 is 1.46 bits per heavy atom. The number of nitrogens with zero attached hydrogens (tertiary/aromatic N) is 2. The van der Waals surface area contributed by atoms with Crippen molar-refractivity contribution in [1.82, 2.24) is 9.80 Å². The molecule has 146 valence electrons. The molecule has 2 aromatic carbocycles. The van der Waals surface area contributed by atoms with Gasteiger partial charge in [0.25, 0.3) is 11.8 Å². The Morgan fingerprint density at radius 3 is 2.11 bits per heavy atom. The van der Waals surface area contributed by atoms with Crippen LogP contribution in [0.3, 0.4) is 0 Å². The molecule has 2 amide bonds. The van der Waals surface area contributed by atoms with Crippen molar-refractivity contribution in [2.75, 3.05) is 32.8 Å². The summed E-state index contributed by atoms with van der Waals surface area (Å²) in [6.07, 6.45) is 0. The van der Waals surface area contributed by atoms with Gasteiger partial charge in [-0.05, 0) is 24.6 Å². The second kappa shape index (κ2) is 8.56. The van der Waals surface area contributed by atoms with Crippen molar-refractivity contribution in [3.05, 3.63) is 65.2 Å². The molecule has 0 aromatic heterocycles. The smallest absolute Gasteiger partial charge is 0.260 e. The number of aromatic carboxylic acids is 1. The van der Waals surface area contributed by atoms with Gasteiger partial charge in [-0.25, -0.2) is 0 Å². The summed E-state index contributed by atoms with van der Waals surface area (Å²) in [5.41, 5.74) is 0.931. The van der Waals surface area contributed by atoms with Crippen LogP contribution in [0.2, 0.25) is 0 Å². The zero-order valence-corrected chi connectivity index (χ0v) is 15.6. The zero-order valence-electron chi connectivity index (χ0n) is 15.6. The molecule has 7 heteroatoms. The first kappa shape index (κ1) is 19.4. The van der Waals surface area contributed by atoms with Crippen LogP contribution < -0.4 is 9.84 Å². The molecule has 1 saturated heterocycles.